The molecule has 0 fully saturated rings. The third-order valence-electron chi connectivity index (χ3n) is 2.65. The lowest BCUT2D eigenvalue weighted by Gasteiger charge is -2.17. The average Bonchev–Trinajstić information content (AvgIpc) is 2.47. The number of rotatable bonds is 8. The van der Waals surface area contributed by atoms with Crippen LogP contribution in [-0.2, 0) is 20.2 Å². The van der Waals surface area contributed by atoms with Gasteiger partial charge in [0.05, 0.1) is 19.8 Å². The van der Waals surface area contributed by atoms with Crippen LogP contribution in [0.5, 0.6) is 0 Å². The molecule has 0 bridgehead atoms. The summed E-state index contributed by atoms with van der Waals surface area (Å²) in [5.41, 5.74) is 0. The van der Waals surface area contributed by atoms with Gasteiger partial charge < -0.3 is 15.3 Å². The summed E-state index contributed by atoms with van der Waals surface area (Å²) in [6.45, 7) is 1.75. The van der Waals surface area contributed by atoms with Crippen LogP contribution < -0.4 is 0 Å². The fraction of sp³-hybridized carbons (Fsp3) is 0.500. The minimum absolute atomic E-state index is 0.0694. The van der Waals surface area contributed by atoms with Gasteiger partial charge in [-0.3, -0.25) is 14.0 Å². The minimum Gasteiger partial charge on any atom is -0.395 e. The van der Waals surface area contributed by atoms with E-state index >= 15 is 0 Å². The van der Waals surface area contributed by atoms with Gasteiger partial charge in [-0.2, -0.15) is 16.8 Å². The number of hydrogen-bond donors (Lipinski definition) is 5. The second kappa shape index (κ2) is 10.7. The molecule has 5 N–H and O–H groups in total. The summed E-state index contributed by atoms with van der Waals surface area (Å²) in [5, 5.41) is 25.5. The zero-order valence-corrected chi connectivity index (χ0v) is 14.3. The Bertz CT molecular complexity index is 623. The van der Waals surface area contributed by atoms with E-state index in [0.29, 0.717) is 19.6 Å². The molecule has 0 saturated heterocycles. The van der Waals surface area contributed by atoms with Crippen LogP contribution in [0.3, 0.4) is 0 Å². The van der Waals surface area contributed by atoms with E-state index in [2.05, 4.69) is 0 Å². The molecular weight excluding hydrogens is 366 g/mol. The Hall–Kier alpha value is -1.12. The number of benzene rings is 1. The van der Waals surface area contributed by atoms with Crippen molar-refractivity contribution in [2.45, 2.75) is 9.79 Å². The fourth-order valence-corrected chi connectivity index (χ4v) is 3.41. The highest BCUT2D eigenvalue weighted by atomic mass is 32.2. The zero-order valence-electron chi connectivity index (χ0n) is 12.7. The highest BCUT2D eigenvalue weighted by Gasteiger charge is 2.22. The van der Waals surface area contributed by atoms with Crippen LogP contribution in [0.25, 0.3) is 0 Å². The second-order valence-corrected chi connectivity index (χ2v) is 7.19. The van der Waals surface area contributed by atoms with Crippen LogP contribution >= 0.6 is 0 Å². The van der Waals surface area contributed by atoms with Gasteiger partial charge in [0.25, 0.3) is 20.2 Å². The fourth-order valence-electron chi connectivity index (χ4n) is 1.64. The highest BCUT2D eigenvalue weighted by molar-refractivity contribution is 7.89. The Morgan fingerprint density at radius 3 is 1.21 bits per heavy atom. The summed E-state index contributed by atoms with van der Waals surface area (Å²) in [6.07, 6.45) is 0. The van der Waals surface area contributed by atoms with Gasteiger partial charge in [-0.25, -0.2) is 0 Å². The number of nitrogens with zero attached hydrogens (tertiary/aromatic N) is 1. The first-order chi connectivity index (χ1) is 11.1. The molecule has 1 aromatic rings. The summed E-state index contributed by atoms with van der Waals surface area (Å²) < 4.78 is 60.0. The molecule has 0 heterocycles. The maximum Gasteiger partial charge on any atom is 0.295 e. The molecule has 140 valence electrons. The van der Waals surface area contributed by atoms with Crippen LogP contribution in [-0.4, -0.2) is 85.6 Å². The molecule has 0 aromatic heterocycles. The third kappa shape index (κ3) is 8.65. The van der Waals surface area contributed by atoms with Crippen molar-refractivity contribution < 1.29 is 41.3 Å². The molecule has 0 spiro atoms. The van der Waals surface area contributed by atoms with Gasteiger partial charge >= 0.3 is 0 Å². The van der Waals surface area contributed by atoms with Crippen LogP contribution in [0, 0.1) is 0 Å². The standard InChI is InChI=1S/C6H15NO3.C6H6O6S2/c8-4-1-7(2-5-9)3-6-10;7-13(8,9)5-3-1-2-4-6(5)14(10,11)12/h8-10H,1-6H2;1-4H,(H,7,8,9)(H,10,11,12). The van der Waals surface area contributed by atoms with Gasteiger partial charge in [-0.1, -0.05) is 12.1 Å². The first-order valence-electron chi connectivity index (χ1n) is 6.66. The lowest BCUT2D eigenvalue weighted by Crippen LogP contribution is -2.32. The lowest BCUT2D eigenvalue weighted by atomic mass is 10.4. The molecular formula is C12H21NO9S2. The van der Waals surface area contributed by atoms with Crippen molar-refractivity contribution in [3.8, 4) is 0 Å². The molecule has 0 aliphatic heterocycles. The topological polar surface area (TPSA) is 173 Å². The summed E-state index contributed by atoms with van der Waals surface area (Å²) in [4.78, 5) is 0.102. The van der Waals surface area contributed by atoms with Gasteiger partial charge in [0.15, 0.2) is 0 Å². The van der Waals surface area contributed by atoms with Crippen LogP contribution in [0.2, 0.25) is 0 Å². The van der Waals surface area contributed by atoms with Crippen molar-refractivity contribution in [2.75, 3.05) is 39.5 Å². The molecule has 0 amide bonds. The maximum absolute atomic E-state index is 10.7. The van der Waals surface area contributed by atoms with Crippen LogP contribution in [0.15, 0.2) is 34.1 Å². The third-order valence-corrected chi connectivity index (χ3v) is 4.61. The van der Waals surface area contributed by atoms with Crippen molar-refractivity contribution in [3.63, 3.8) is 0 Å². The van der Waals surface area contributed by atoms with Crippen molar-refractivity contribution >= 4 is 20.2 Å². The first kappa shape index (κ1) is 22.9. The highest BCUT2D eigenvalue weighted by Crippen LogP contribution is 2.19. The Kier molecular flexibility index (Phi) is 10.2. The van der Waals surface area contributed by atoms with Crippen LogP contribution in [0.1, 0.15) is 0 Å². The van der Waals surface area contributed by atoms with E-state index in [0.717, 1.165) is 12.1 Å². The maximum atomic E-state index is 10.7. The lowest BCUT2D eigenvalue weighted by molar-refractivity contribution is 0.136. The molecule has 0 saturated carbocycles. The van der Waals surface area contributed by atoms with E-state index in [4.69, 9.17) is 24.4 Å². The summed E-state index contributed by atoms with van der Waals surface area (Å²) in [5.74, 6) is 0. The molecule has 1 aromatic carbocycles. The minimum atomic E-state index is -4.66. The quantitative estimate of drug-likeness (QED) is 0.328. The van der Waals surface area contributed by atoms with E-state index in [9.17, 15) is 16.8 Å². The van der Waals surface area contributed by atoms with Crippen molar-refractivity contribution in [1.82, 2.24) is 4.90 Å². The van der Waals surface area contributed by atoms with Crippen molar-refractivity contribution in [3.05, 3.63) is 24.3 Å². The van der Waals surface area contributed by atoms with Gasteiger partial charge in [0.2, 0.25) is 0 Å². The Balaban J connectivity index is 0.000000470. The van der Waals surface area contributed by atoms with Gasteiger partial charge in [0.1, 0.15) is 9.79 Å². The molecule has 0 aliphatic carbocycles. The van der Waals surface area contributed by atoms with Gasteiger partial charge in [-0.05, 0) is 12.1 Å². The molecule has 12 heteroatoms. The summed E-state index contributed by atoms with van der Waals surface area (Å²) in [7, 11) is -9.31. The number of aliphatic hydroxyl groups excluding tert-OH is 3. The Labute approximate surface area is 140 Å². The van der Waals surface area contributed by atoms with Gasteiger partial charge in [0, 0.05) is 19.6 Å². The van der Waals surface area contributed by atoms with Crippen LogP contribution in [0.4, 0.5) is 0 Å². The van der Waals surface area contributed by atoms with Gasteiger partial charge in [-0.15, -0.1) is 0 Å². The summed E-state index contributed by atoms with van der Waals surface area (Å²) >= 11 is 0. The Morgan fingerprint density at radius 1 is 0.708 bits per heavy atom. The monoisotopic (exact) mass is 387 g/mol. The van der Waals surface area contributed by atoms with E-state index in [1.165, 1.54) is 12.1 Å². The molecule has 1 rings (SSSR count). The normalized spacial score (nSPS) is 11.9. The predicted molar refractivity (Wildman–Crippen MR) is 83.8 cm³/mol. The summed E-state index contributed by atoms with van der Waals surface area (Å²) in [6, 6.07) is 4.19. The predicted octanol–water partition coefficient (Wildman–Crippen LogP) is -1.55. The molecule has 0 aliphatic rings. The largest absolute Gasteiger partial charge is 0.395 e. The first-order valence-corrected chi connectivity index (χ1v) is 9.54. The smallest absolute Gasteiger partial charge is 0.295 e. The van der Waals surface area contributed by atoms with E-state index in [-0.39, 0.29) is 19.8 Å². The Morgan fingerprint density at radius 2 is 1.00 bits per heavy atom. The van der Waals surface area contributed by atoms with Crippen molar-refractivity contribution in [2.24, 2.45) is 0 Å². The van der Waals surface area contributed by atoms with E-state index < -0.39 is 30.0 Å². The molecule has 0 atom stereocenters. The molecule has 0 unspecified atom stereocenters. The molecule has 10 nitrogen and oxygen atoms in total. The second-order valence-electron chi connectivity index (χ2n) is 4.41. The number of hydrogen-bond acceptors (Lipinski definition) is 8. The van der Waals surface area contributed by atoms with Crippen molar-refractivity contribution in [1.29, 1.82) is 0 Å². The number of aliphatic hydroxyl groups is 3. The SMILES string of the molecule is O=S(=O)(O)c1ccccc1S(=O)(=O)O.OCCN(CCO)CCO. The van der Waals surface area contributed by atoms with E-state index in [1.807, 2.05) is 0 Å². The van der Waals surface area contributed by atoms with E-state index in [1.54, 1.807) is 4.90 Å². The molecule has 24 heavy (non-hydrogen) atoms. The molecule has 0 radical (unpaired) electrons. The average molecular weight is 387 g/mol. The zero-order chi connectivity index (χ0) is 18.8.